The van der Waals surface area contributed by atoms with E-state index < -0.39 is 0 Å². The van der Waals surface area contributed by atoms with E-state index in [0.29, 0.717) is 0 Å². The van der Waals surface area contributed by atoms with Crippen molar-refractivity contribution in [2.24, 2.45) is 11.8 Å². The van der Waals surface area contributed by atoms with Crippen LogP contribution in [0.3, 0.4) is 0 Å². The van der Waals surface area contributed by atoms with Gasteiger partial charge in [-0.3, -0.25) is 4.90 Å². The highest BCUT2D eigenvalue weighted by atomic mass is 16.5. The Balaban J connectivity index is 1.54. The van der Waals surface area contributed by atoms with Gasteiger partial charge in [0.05, 0.1) is 12.2 Å². The molecule has 100 valence electrons. The van der Waals surface area contributed by atoms with Crippen molar-refractivity contribution in [1.29, 1.82) is 0 Å². The molecule has 0 saturated heterocycles. The van der Waals surface area contributed by atoms with Gasteiger partial charge in [0, 0.05) is 25.7 Å². The fraction of sp³-hybridized carbons (Fsp3) is 0.786. The third-order valence-electron chi connectivity index (χ3n) is 3.77. The molecule has 1 aromatic heterocycles. The first kappa shape index (κ1) is 12.2. The van der Waals surface area contributed by atoms with Crippen LogP contribution in [0, 0.1) is 11.8 Å². The van der Waals surface area contributed by atoms with Crippen molar-refractivity contribution in [3.63, 3.8) is 0 Å². The van der Waals surface area contributed by atoms with Gasteiger partial charge in [-0.25, -0.2) is 0 Å². The molecule has 0 amide bonds. The van der Waals surface area contributed by atoms with Crippen molar-refractivity contribution >= 4 is 0 Å². The quantitative estimate of drug-likeness (QED) is 0.765. The summed E-state index contributed by atoms with van der Waals surface area (Å²) >= 11 is 0. The van der Waals surface area contributed by atoms with E-state index in [1.165, 1.54) is 38.8 Å². The average Bonchev–Trinajstić information content (AvgIpc) is 3.24. The molecule has 0 bridgehead atoms. The molecule has 0 aliphatic heterocycles. The normalized spacial score (nSPS) is 19.7. The highest BCUT2D eigenvalue weighted by molar-refractivity contribution is 5.05. The maximum atomic E-state index is 5.42. The van der Waals surface area contributed by atoms with Crippen molar-refractivity contribution in [2.45, 2.75) is 38.8 Å². The van der Waals surface area contributed by atoms with Crippen LogP contribution in [0.5, 0.6) is 0 Å². The molecule has 1 N–H and O–H groups in total. The first-order valence-electron chi connectivity index (χ1n) is 7.15. The summed E-state index contributed by atoms with van der Waals surface area (Å²) < 4.78 is 5.42. The van der Waals surface area contributed by atoms with E-state index in [1.807, 2.05) is 7.05 Å². The fourth-order valence-corrected chi connectivity index (χ4v) is 2.45. The predicted octanol–water partition coefficient (Wildman–Crippen LogP) is 2.02. The Labute approximate surface area is 109 Å². The van der Waals surface area contributed by atoms with Gasteiger partial charge >= 0.3 is 0 Å². The van der Waals surface area contributed by atoms with Crippen LogP contribution >= 0.6 is 0 Å². The van der Waals surface area contributed by atoms with Gasteiger partial charge < -0.3 is 9.84 Å². The summed E-state index contributed by atoms with van der Waals surface area (Å²) in [4.78, 5) is 2.57. The molecule has 2 aliphatic rings. The molecule has 4 nitrogen and oxygen atoms in total. The van der Waals surface area contributed by atoms with Crippen molar-refractivity contribution in [3.05, 3.63) is 17.5 Å². The number of aromatic nitrogens is 1. The Kier molecular flexibility index (Phi) is 3.66. The SMILES string of the molecule is CNCc1cc(CN(CC2CC2)CC2CC2)on1. The second kappa shape index (κ2) is 5.41. The fourth-order valence-electron chi connectivity index (χ4n) is 2.45. The molecule has 3 rings (SSSR count). The topological polar surface area (TPSA) is 41.3 Å². The lowest BCUT2D eigenvalue weighted by Crippen LogP contribution is -2.27. The highest BCUT2D eigenvalue weighted by Gasteiger charge is 2.29. The summed E-state index contributed by atoms with van der Waals surface area (Å²) in [5.74, 6) is 2.91. The standard InChI is InChI=1S/C14H23N3O/c1-15-7-13-6-14(18-16-13)10-17(8-11-2-3-11)9-12-4-5-12/h6,11-12,15H,2-5,7-10H2,1H3. The van der Waals surface area contributed by atoms with Crippen molar-refractivity contribution in [3.8, 4) is 0 Å². The van der Waals surface area contributed by atoms with E-state index in [0.717, 1.165) is 36.4 Å². The lowest BCUT2D eigenvalue weighted by Gasteiger charge is -2.20. The minimum Gasteiger partial charge on any atom is -0.360 e. The number of hydrogen-bond acceptors (Lipinski definition) is 4. The molecule has 0 radical (unpaired) electrons. The Hall–Kier alpha value is -0.870. The van der Waals surface area contributed by atoms with Gasteiger partial charge in [-0.1, -0.05) is 5.16 Å². The van der Waals surface area contributed by atoms with Gasteiger partial charge in [0.1, 0.15) is 0 Å². The van der Waals surface area contributed by atoms with Crippen LogP contribution in [-0.4, -0.2) is 30.2 Å². The van der Waals surface area contributed by atoms with E-state index in [-0.39, 0.29) is 0 Å². The van der Waals surface area contributed by atoms with Crippen molar-refractivity contribution < 1.29 is 4.52 Å². The predicted molar refractivity (Wildman–Crippen MR) is 70.0 cm³/mol. The van der Waals surface area contributed by atoms with E-state index in [9.17, 15) is 0 Å². The average molecular weight is 249 g/mol. The summed E-state index contributed by atoms with van der Waals surface area (Å²) in [6, 6.07) is 2.09. The van der Waals surface area contributed by atoms with Crippen LogP contribution in [0.2, 0.25) is 0 Å². The molecule has 2 saturated carbocycles. The van der Waals surface area contributed by atoms with Gasteiger partial charge in [-0.05, 0) is 44.6 Å². The number of rotatable bonds is 8. The molecule has 2 fully saturated rings. The van der Waals surface area contributed by atoms with Gasteiger partial charge in [-0.2, -0.15) is 0 Å². The van der Waals surface area contributed by atoms with E-state index >= 15 is 0 Å². The Morgan fingerprint density at radius 1 is 1.28 bits per heavy atom. The first-order chi connectivity index (χ1) is 8.83. The van der Waals surface area contributed by atoms with Crippen molar-refractivity contribution in [2.75, 3.05) is 20.1 Å². The summed E-state index contributed by atoms with van der Waals surface area (Å²) in [6.45, 7) is 4.22. The van der Waals surface area contributed by atoms with Gasteiger partial charge in [-0.15, -0.1) is 0 Å². The van der Waals surface area contributed by atoms with Crippen LogP contribution in [0.1, 0.15) is 37.1 Å². The van der Waals surface area contributed by atoms with Crippen molar-refractivity contribution in [1.82, 2.24) is 15.4 Å². The van der Waals surface area contributed by atoms with Crippen LogP contribution < -0.4 is 5.32 Å². The second-order valence-corrected chi connectivity index (χ2v) is 5.90. The van der Waals surface area contributed by atoms with Gasteiger partial charge in [0.15, 0.2) is 5.76 Å². The lowest BCUT2D eigenvalue weighted by molar-refractivity contribution is 0.214. The largest absolute Gasteiger partial charge is 0.360 e. The van der Waals surface area contributed by atoms with Crippen LogP contribution in [0.15, 0.2) is 10.6 Å². The molecule has 4 heteroatoms. The summed E-state index contributed by atoms with van der Waals surface area (Å²) in [5.41, 5.74) is 1.00. The van der Waals surface area contributed by atoms with Crippen LogP contribution in [-0.2, 0) is 13.1 Å². The van der Waals surface area contributed by atoms with E-state index in [4.69, 9.17) is 4.52 Å². The molecule has 0 spiro atoms. The summed E-state index contributed by atoms with van der Waals surface area (Å²) in [7, 11) is 1.93. The molecular weight excluding hydrogens is 226 g/mol. The number of hydrogen-bond donors (Lipinski definition) is 1. The maximum Gasteiger partial charge on any atom is 0.151 e. The molecular formula is C14H23N3O. The Morgan fingerprint density at radius 3 is 2.50 bits per heavy atom. The maximum absolute atomic E-state index is 5.42. The molecule has 0 aromatic carbocycles. The minimum absolute atomic E-state index is 0.786. The minimum atomic E-state index is 0.786. The molecule has 1 heterocycles. The monoisotopic (exact) mass is 249 g/mol. The zero-order chi connectivity index (χ0) is 12.4. The summed E-state index contributed by atoms with van der Waals surface area (Å²) in [6.07, 6.45) is 5.68. The van der Waals surface area contributed by atoms with Crippen LogP contribution in [0.4, 0.5) is 0 Å². The molecule has 1 aromatic rings. The van der Waals surface area contributed by atoms with Crippen LogP contribution in [0.25, 0.3) is 0 Å². The molecule has 2 aliphatic carbocycles. The van der Waals surface area contributed by atoms with E-state index in [1.54, 1.807) is 0 Å². The third-order valence-corrected chi connectivity index (χ3v) is 3.77. The third kappa shape index (κ3) is 3.56. The van der Waals surface area contributed by atoms with E-state index in [2.05, 4.69) is 21.4 Å². The summed E-state index contributed by atoms with van der Waals surface area (Å²) in [5, 5.41) is 7.18. The number of nitrogens with one attached hydrogen (secondary N) is 1. The van der Waals surface area contributed by atoms with Gasteiger partial charge in [0.25, 0.3) is 0 Å². The lowest BCUT2D eigenvalue weighted by atomic mass is 10.2. The Bertz CT molecular complexity index is 368. The number of nitrogens with zero attached hydrogens (tertiary/aromatic N) is 2. The zero-order valence-electron chi connectivity index (χ0n) is 11.2. The Morgan fingerprint density at radius 2 is 1.94 bits per heavy atom. The molecule has 0 atom stereocenters. The smallest absolute Gasteiger partial charge is 0.151 e. The zero-order valence-corrected chi connectivity index (χ0v) is 11.2. The molecule has 0 unspecified atom stereocenters. The second-order valence-electron chi connectivity index (χ2n) is 5.90. The van der Waals surface area contributed by atoms with Gasteiger partial charge in [0.2, 0.25) is 0 Å². The first-order valence-corrected chi connectivity index (χ1v) is 7.15. The highest BCUT2D eigenvalue weighted by Crippen LogP contribution is 2.34. The molecule has 18 heavy (non-hydrogen) atoms.